The van der Waals surface area contributed by atoms with Crippen molar-refractivity contribution in [3.63, 3.8) is 0 Å². The minimum atomic E-state index is -0.342. The predicted octanol–water partition coefficient (Wildman–Crippen LogP) is 6.69. The molecule has 0 unspecified atom stereocenters. The molecule has 0 bridgehead atoms. The number of ether oxygens (including phenoxy) is 1. The van der Waals surface area contributed by atoms with Crippen molar-refractivity contribution in [2.24, 2.45) is 0 Å². The van der Waals surface area contributed by atoms with Crippen molar-refractivity contribution in [3.8, 4) is 28.3 Å². The van der Waals surface area contributed by atoms with Gasteiger partial charge in [0.05, 0.1) is 18.1 Å². The number of fused-ring (bicyclic) bond motifs is 1. The van der Waals surface area contributed by atoms with Gasteiger partial charge in [-0.2, -0.15) is 0 Å². The predicted molar refractivity (Wildman–Crippen MR) is 133 cm³/mol. The van der Waals surface area contributed by atoms with Gasteiger partial charge in [-0.15, -0.1) is 0 Å². The Balaban J connectivity index is 1.34. The number of nitrogens with zero attached hydrogens (tertiary/aromatic N) is 1. The fraction of sp³-hybridized carbons (Fsp3) is 0.0370. The first-order valence-corrected chi connectivity index (χ1v) is 10.7. The molecule has 0 radical (unpaired) electrons. The highest BCUT2D eigenvalue weighted by Gasteiger charge is 2.09. The number of halogens is 1. The molecular formula is C27H21FN4O2. The van der Waals surface area contributed by atoms with Crippen LogP contribution in [0.5, 0.6) is 5.75 Å². The molecule has 3 N–H and O–H groups in total. The molecule has 0 aliphatic heterocycles. The highest BCUT2D eigenvalue weighted by Crippen LogP contribution is 2.28. The molecule has 1 heterocycles. The zero-order valence-electron chi connectivity index (χ0n) is 18.3. The minimum absolute atomic E-state index is 0.309. The van der Waals surface area contributed by atoms with Crippen molar-refractivity contribution in [2.45, 2.75) is 0 Å². The maximum Gasteiger partial charge on any atom is 0.323 e. The smallest absolute Gasteiger partial charge is 0.323 e. The summed E-state index contributed by atoms with van der Waals surface area (Å²) in [6.07, 6.45) is 0. The molecule has 0 atom stereocenters. The zero-order valence-corrected chi connectivity index (χ0v) is 18.3. The van der Waals surface area contributed by atoms with Gasteiger partial charge in [0.2, 0.25) is 0 Å². The van der Waals surface area contributed by atoms with Gasteiger partial charge in [-0.05, 0) is 71.8 Å². The lowest BCUT2D eigenvalue weighted by Crippen LogP contribution is -2.19. The number of hydrogen-bond acceptors (Lipinski definition) is 3. The van der Waals surface area contributed by atoms with Crippen LogP contribution in [0.1, 0.15) is 0 Å². The maximum absolute atomic E-state index is 13.5. The summed E-state index contributed by atoms with van der Waals surface area (Å²) in [5.74, 6) is 1.07. The Bertz CT molecular complexity index is 1480. The summed E-state index contributed by atoms with van der Waals surface area (Å²) >= 11 is 0. The Morgan fingerprint density at radius 3 is 2.32 bits per heavy atom. The van der Waals surface area contributed by atoms with Crippen LogP contribution in [-0.2, 0) is 0 Å². The third kappa shape index (κ3) is 4.59. The minimum Gasteiger partial charge on any atom is -0.497 e. The number of carbonyl (C=O) groups is 1. The van der Waals surface area contributed by atoms with Crippen LogP contribution in [0.2, 0.25) is 0 Å². The summed E-state index contributed by atoms with van der Waals surface area (Å²) in [7, 11) is 1.59. The van der Waals surface area contributed by atoms with E-state index >= 15 is 0 Å². The molecule has 0 aliphatic rings. The van der Waals surface area contributed by atoms with E-state index in [0.29, 0.717) is 28.2 Å². The normalized spacial score (nSPS) is 10.8. The quantitative estimate of drug-likeness (QED) is 0.278. The Labute approximate surface area is 195 Å². The van der Waals surface area contributed by atoms with Crippen LogP contribution < -0.4 is 15.4 Å². The third-order valence-corrected chi connectivity index (χ3v) is 5.38. The Morgan fingerprint density at radius 2 is 1.53 bits per heavy atom. The lowest BCUT2D eigenvalue weighted by Gasteiger charge is -2.10. The van der Waals surface area contributed by atoms with E-state index in [0.717, 1.165) is 22.4 Å². The van der Waals surface area contributed by atoms with Gasteiger partial charge in [-0.3, -0.25) is 0 Å². The number of carbonyl (C=O) groups excluding carboxylic acids is 1. The number of urea groups is 1. The number of anilines is 2. The zero-order chi connectivity index (χ0) is 23.5. The van der Waals surface area contributed by atoms with Crippen LogP contribution in [0.25, 0.3) is 33.5 Å². The number of methoxy groups -OCH3 is 1. The average Bonchev–Trinajstić information content (AvgIpc) is 3.28. The van der Waals surface area contributed by atoms with E-state index < -0.39 is 0 Å². The standard InChI is InChI=1S/C27H21FN4O2/c1-34-23-11-9-21(10-12-23)29-27(33)30-22-7-3-5-18(15-22)17-4-2-6-19(14-17)26-31-24-13-8-20(28)16-25(24)32-26/h2-16H,1H3,(H,31,32)(H2,29,30,33). The fourth-order valence-electron chi connectivity index (χ4n) is 3.71. The van der Waals surface area contributed by atoms with E-state index in [2.05, 4.69) is 20.6 Å². The molecule has 0 spiro atoms. The molecule has 7 heteroatoms. The van der Waals surface area contributed by atoms with Crippen molar-refractivity contribution in [1.82, 2.24) is 9.97 Å². The first-order chi connectivity index (χ1) is 16.6. The van der Waals surface area contributed by atoms with E-state index in [9.17, 15) is 9.18 Å². The third-order valence-electron chi connectivity index (χ3n) is 5.38. The van der Waals surface area contributed by atoms with Gasteiger partial charge in [0, 0.05) is 16.9 Å². The lowest BCUT2D eigenvalue weighted by atomic mass is 10.0. The largest absolute Gasteiger partial charge is 0.497 e. The second-order valence-corrected chi connectivity index (χ2v) is 7.72. The molecule has 0 fully saturated rings. The lowest BCUT2D eigenvalue weighted by molar-refractivity contribution is 0.262. The molecule has 5 rings (SSSR count). The van der Waals surface area contributed by atoms with Crippen LogP contribution >= 0.6 is 0 Å². The number of imidazole rings is 1. The number of nitrogens with one attached hydrogen (secondary N) is 3. The molecule has 1 aromatic heterocycles. The Hall–Kier alpha value is -4.65. The SMILES string of the molecule is COc1ccc(NC(=O)Nc2cccc(-c3cccc(-c4nc5ccc(F)cc5[nH]4)c3)c2)cc1. The molecule has 0 saturated carbocycles. The van der Waals surface area contributed by atoms with Crippen LogP contribution in [0, 0.1) is 5.82 Å². The first kappa shape index (κ1) is 21.2. The first-order valence-electron chi connectivity index (χ1n) is 10.7. The summed E-state index contributed by atoms with van der Waals surface area (Å²) in [5, 5.41) is 5.67. The van der Waals surface area contributed by atoms with E-state index in [-0.39, 0.29) is 11.8 Å². The molecule has 5 aromatic rings. The monoisotopic (exact) mass is 452 g/mol. The molecular weight excluding hydrogens is 431 g/mol. The van der Waals surface area contributed by atoms with Gasteiger partial charge in [-0.25, -0.2) is 14.2 Å². The van der Waals surface area contributed by atoms with Gasteiger partial charge >= 0.3 is 6.03 Å². The van der Waals surface area contributed by atoms with E-state index in [1.54, 1.807) is 37.4 Å². The van der Waals surface area contributed by atoms with Gasteiger partial charge in [0.1, 0.15) is 17.4 Å². The van der Waals surface area contributed by atoms with Crippen molar-refractivity contribution >= 4 is 28.4 Å². The molecule has 168 valence electrons. The summed E-state index contributed by atoms with van der Waals surface area (Å²) in [5.41, 5.74) is 5.45. The molecule has 0 aliphatic carbocycles. The van der Waals surface area contributed by atoms with Crippen LogP contribution in [0.4, 0.5) is 20.6 Å². The van der Waals surface area contributed by atoms with Gasteiger partial charge in [-0.1, -0.05) is 30.3 Å². The molecule has 6 nitrogen and oxygen atoms in total. The second-order valence-electron chi connectivity index (χ2n) is 7.72. The summed E-state index contributed by atoms with van der Waals surface area (Å²) in [6, 6.07) is 26.7. The second kappa shape index (κ2) is 9.07. The number of benzene rings is 4. The van der Waals surface area contributed by atoms with Crippen molar-refractivity contribution in [2.75, 3.05) is 17.7 Å². The Morgan fingerprint density at radius 1 is 0.824 bits per heavy atom. The molecule has 0 saturated heterocycles. The molecule has 4 aromatic carbocycles. The number of H-pyrrole nitrogens is 1. The summed E-state index contributed by atoms with van der Waals surface area (Å²) < 4.78 is 18.7. The van der Waals surface area contributed by atoms with Crippen LogP contribution in [0.15, 0.2) is 91.0 Å². The van der Waals surface area contributed by atoms with Crippen LogP contribution in [0.3, 0.4) is 0 Å². The summed E-state index contributed by atoms with van der Waals surface area (Å²) in [4.78, 5) is 20.2. The van der Waals surface area contributed by atoms with Crippen molar-refractivity contribution in [3.05, 3.63) is 96.8 Å². The van der Waals surface area contributed by atoms with Crippen molar-refractivity contribution < 1.29 is 13.9 Å². The van der Waals surface area contributed by atoms with Gasteiger partial charge < -0.3 is 20.4 Å². The van der Waals surface area contributed by atoms with Crippen molar-refractivity contribution in [1.29, 1.82) is 0 Å². The molecule has 34 heavy (non-hydrogen) atoms. The number of aromatic nitrogens is 2. The van der Waals surface area contributed by atoms with E-state index in [1.165, 1.54) is 12.1 Å². The number of amides is 2. The Kier molecular flexibility index (Phi) is 5.66. The number of hydrogen-bond donors (Lipinski definition) is 3. The molecule has 2 amide bonds. The fourth-order valence-corrected chi connectivity index (χ4v) is 3.71. The highest BCUT2D eigenvalue weighted by molar-refractivity contribution is 6.00. The summed E-state index contributed by atoms with van der Waals surface area (Å²) in [6.45, 7) is 0. The average molecular weight is 452 g/mol. The van der Waals surface area contributed by atoms with E-state index in [1.807, 2.05) is 48.5 Å². The maximum atomic E-state index is 13.5. The highest BCUT2D eigenvalue weighted by atomic mass is 19.1. The number of rotatable bonds is 5. The van der Waals surface area contributed by atoms with E-state index in [4.69, 9.17) is 4.74 Å². The number of aromatic amines is 1. The van der Waals surface area contributed by atoms with Crippen LogP contribution in [-0.4, -0.2) is 23.1 Å². The topological polar surface area (TPSA) is 79.0 Å². The van der Waals surface area contributed by atoms with Gasteiger partial charge in [0.25, 0.3) is 0 Å². The van der Waals surface area contributed by atoms with Gasteiger partial charge in [0.15, 0.2) is 0 Å².